The second-order valence-corrected chi connectivity index (χ2v) is 4.75. The Morgan fingerprint density at radius 3 is 2.61 bits per heavy atom. The fourth-order valence-electron chi connectivity index (χ4n) is 2.06. The predicted octanol–water partition coefficient (Wildman–Crippen LogP) is 1.45. The zero-order chi connectivity index (χ0) is 16.4. The molecule has 3 rings (SSSR count). The largest absolute Gasteiger partial charge is 0.478 e. The quantitative estimate of drug-likeness (QED) is 0.500. The number of amides is 3. The SMILES string of the molecule is O=C(ON1C(=O)CCC1=O)N(O)Nc1ccc2ccccc2n1. The van der Waals surface area contributed by atoms with Gasteiger partial charge in [-0.3, -0.25) is 20.2 Å². The minimum absolute atomic E-state index is 0.00991. The minimum Gasteiger partial charge on any atom is -0.308 e. The first-order valence-corrected chi connectivity index (χ1v) is 6.74. The molecule has 0 bridgehead atoms. The van der Waals surface area contributed by atoms with Crippen LogP contribution >= 0.6 is 0 Å². The van der Waals surface area contributed by atoms with E-state index in [1.165, 1.54) is 0 Å². The van der Waals surface area contributed by atoms with Crippen LogP contribution in [0.25, 0.3) is 10.9 Å². The molecule has 2 heterocycles. The van der Waals surface area contributed by atoms with Crippen LogP contribution < -0.4 is 5.43 Å². The number of hydrazine groups is 1. The van der Waals surface area contributed by atoms with Crippen molar-refractivity contribution in [3.63, 3.8) is 0 Å². The van der Waals surface area contributed by atoms with Gasteiger partial charge in [-0.2, -0.15) is 0 Å². The molecular formula is C14H12N4O5. The Labute approximate surface area is 129 Å². The van der Waals surface area contributed by atoms with Crippen LogP contribution in [0.1, 0.15) is 12.8 Å². The van der Waals surface area contributed by atoms with Gasteiger partial charge in [0.15, 0.2) is 0 Å². The first kappa shape index (κ1) is 14.7. The topological polar surface area (TPSA) is 112 Å². The first-order chi connectivity index (χ1) is 11.0. The predicted molar refractivity (Wildman–Crippen MR) is 76.6 cm³/mol. The molecule has 0 saturated carbocycles. The Hall–Kier alpha value is -3.20. The Balaban J connectivity index is 1.67. The number of hydrogen-bond acceptors (Lipinski definition) is 7. The van der Waals surface area contributed by atoms with Crippen LogP contribution in [0, 0.1) is 0 Å². The maximum absolute atomic E-state index is 11.7. The summed E-state index contributed by atoms with van der Waals surface area (Å²) < 4.78 is 0. The average Bonchev–Trinajstić information content (AvgIpc) is 2.86. The molecule has 1 aromatic heterocycles. The number of aromatic nitrogens is 1. The van der Waals surface area contributed by atoms with Crippen LogP contribution in [0.5, 0.6) is 0 Å². The second-order valence-electron chi connectivity index (χ2n) is 4.75. The molecule has 118 valence electrons. The van der Waals surface area contributed by atoms with Gasteiger partial charge in [0.05, 0.1) is 5.52 Å². The number of para-hydroxylation sites is 1. The van der Waals surface area contributed by atoms with E-state index in [0.29, 0.717) is 10.6 Å². The zero-order valence-electron chi connectivity index (χ0n) is 11.8. The molecule has 1 fully saturated rings. The fraction of sp³-hybridized carbons (Fsp3) is 0.143. The van der Waals surface area contributed by atoms with Crippen molar-refractivity contribution in [2.45, 2.75) is 12.8 Å². The Kier molecular flexibility index (Phi) is 3.77. The van der Waals surface area contributed by atoms with Gasteiger partial charge in [-0.1, -0.05) is 23.4 Å². The van der Waals surface area contributed by atoms with E-state index < -0.39 is 17.9 Å². The number of nitrogens with zero attached hydrogens (tertiary/aromatic N) is 3. The monoisotopic (exact) mass is 316 g/mol. The molecule has 1 aromatic carbocycles. The van der Waals surface area contributed by atoms with Crippen molar-refractivity contribution in [1.29, 1.82) is 0 Å². The summed E-state index contributed by atoms with van der Waals surface area (Å²) in [6, 6.07) is 10.6. The number of carbonyl (C=O) groups is 3. The van der Waals surface area contributed by atoms with Crippen LogP contribution in [-0.2, 0) is 14.4 Å². The number of carbonyl (C=O) groups excluding carboxylic acids is 3. The van der Waals surface area contributed by atoms with Crippen molar-refractivity contribution < 1.29 is 24.4 Å². The second kappa shape index (κ2) is 5.89. The lowest BCUT2D eigenvalue weighted by Crippen LogP contribution is -2.40. The van der Waals surface area contributed by atoms with Crippen molar-refractivity contribution in [2.75, 3.05) is 5.43 Å². The maximum atomic E-state index is 11.7. The highest BCUT2D eigenvalue weighted by atomic mass is 16.8. The summed E-state index contributed by atoms with van der Waals surface area (Å²) in [6.45, 7) is 0. The smallest absolute Gasteiger partial charge is 0.308 e. The Morgan fingerprint density at radius 2 is 1.87 bits per heavy atom. The lowest BCUT2D eigenvalue weighted by atomic mass is 10.2. The van der Waals surface area contributed by atoms with Gasteiger partial charge in [0.2, 0.25) is 0 Å². The highest BCUT2D eigenvalue weighted by molar-refractivity contribution is 6.01. The molecule has 1 aliphatic rings. The summed E-state index contributed by atoms with van der Waals surface area (Å²) in [5.74, 6) is -1.09. The lowest BCUT2D eigenvalue weighted by molar-refractivity contribution is -0.180. The highest BCUT2D eigenvalue weighted by Gasteiger charge is 2.34. The van der Waals surface area contributed by atoms with Gasteiger partial charge < -0.3 is 4.84 Å². The van der Waals surface area contributed by atoms with Gasteiger partial charge in [0, 0.05) is 18.2 Å². The fourth-order valence-corrected chi connectivity index (χ4v) is 2.06. The van der Waals surface area contributed by atoms with Crippen LogP contribution in [0.3, 0.4) is 0 Å². The number of hydroxylamine groups is 3. The summed E-state index contributed by atoms with van der Waals surface area (Å²) in [7, 11) is 0. The molecule has 0 atom stereocenters. The summed E-state index contributed by atoms with van der Waals surface area (Å²) in [5, 5.41) is 10.9. The van der Waals surface area contributed by atoms with Crippen molar-refractivity contribution in [3.05, 3.63) is 36.4 Å². The molecule has 2 aromatic rings. The number of rotatable bonds is 3. The lowest BCUT2D eigenvalue weighted by Gasteiger charge is -2.18. The normalized spacial score (nSPS) is 14.2. The minimum atomic E-state index is -1.33. The zero-order valence-corrected chi connectivity index (χ0v) is 11.8. The van der Waals surface area contributed by atoms with Gasteiger partial charge in [-0.25, -0.2) is 9.78 Å². The standard InChI is InChI=1S/C14H12N4O5/c19-12-7-8-13(20)17(12)23-14(21)18(22)16-11-6-5-9-3-1-2-4-10(9)15-11/h1-6,22H,7-8H2,(H,15,16). The van der Waals surface area contributed by atoms with Crippen LogP contribution in [0.4, 0.5) is 10.6 Å². The van der Waals surface area contributed by atoms with E-state index in [2.05, 4.69) is 15.2 Å². The summed E-state index contributed by atoms with van der Waals surface area (Å²) in [4.78, 5) is 43.1. The summed E-state index contributed by atoms with van der Waals surface area (Å²) >= 11 is 0. The van der Waals surface area contributed by atoms with Gasteiger partial charge in [-0.05, 0) is 18.2 Å². The van der Waals surface area contributed by atoms with Crippen molar-refractivity contribution in [2.24, 2.45) is 0 Å². The number of nitrogens with one attached hydrogen (secondary N) is 1. The first-order valence-electron chi connectivity index (χ1n) is 6.74. The third kappa shape index (κ3) is 3.04. The van der Waals surface area contributed by atoms with Crippen LogP contribution in [-0.4, -0.2) is 38.3 Å². The van der Waals surface area contributed by atoms with E-state index in [1.54, 1.807) is 24.3 Å². The van der Waals surface area contributed by atoms with Crippen molar-refractivity contribution in [3.8, 4) is 0 Å². The van der Waals surface area contributed by atoms with Gasteiger partial charge in [0.1, 0.15) is 5.82 Å². The molecular weight excluding hydrogens is 304 g/mol. The maximum Gasteiger partial charge on any atom is 0.478 e. The molecule has 1 saturated heterocycles. The van der Waals surface area contributed by atoms with Crippen molar-refractivity contribution in [1.82, 2.24) is 15.2 Å². The van der Waals surface area contributed by atoms with E-state index in [0.717, 1.165) is 5.39 Å². The molecule has 23 heavy (non-hydrogen) atoms. The van der Waals surface area contributed by atoms with Gasteiger partial charge >= 0.3 is 6.09 Å². The molecule has 9 nitrogen and oxygen atoms in total. The van der Waals surface area contributed by atoms with Crippen molar-refractivity contribution >= 4 is 34.6 Å². The molecule has 0 radical (unpaired) electrons. The summed E-state index contributed by atoms with van der Waals surface area (Å²) in [6.07, 6.45) is -1.39. The molecule has 0 aliphatic carbocycles. The highest BCUT2D eigenvalue weighted by Crippen LogP contribution is 2.16. The van der Waals surface area contributed by atoms with Crippen LogP contribution in [0.2, 0.25) is 0 Å². The van der Waals surface area contributed by atoms with Crippen LogP contribution in [0.15, 0.2) is 36.4 Å². The molecule has 9 heteroatoms. The number of imide groups is 1. The van der Waals surface area contributed by atoms with E-state index in [-0.39, 0.29) is 23.8 Å². The summed E-state index contributed by atoms with van der Waals surface area (Å²) in [5.41, 5.74) is 2.95. The van der Waals surface area contributed by atoms with E-state index in [1.807, 2.05) is 12.1 Å². The van der Waals surface area contributed by atoms with E-state index in [4.69, 9.17) is 0 Å². The number of fused-ring (bicyclic) bond motifs is 1. The average molecular weight is 316 g/mol. The van der Waals surface area contributed by atoms with Gasteiger partial charge in [-0.15, -0.1) is 5.06 Å². The molecule has 0 spiro atoms. The number of hydrogen-bond donors (Lipinski definition) is 2. The molecule has 3 amide bonds. The van der Waals surface area contributed by atoms with E-state index in [9.17, 15) is 19.6 Å². The van der Waals surface area contributed by atoms with E-state index >= 15 is 0 Å². The third-order valence-electron chi connectivity index (χ3n) is 3.17. The molecule has 0 unspecified atom stereocenters. The van der Waals surface area contributed by atoms with Gasteiger partial charge in [0.25, 0.3) is 11.8 Å². The Bertz CT molecular complexity index is 778. The molecule has 2 N–H and O–H groups in total. The molecule has 1 aliphatic heterocycles. The Morgan fingerprint density at radius 1 is 1.17 bits per heavy atom. The number of pyridine rings is 1. The number of anilines is 1. The number of benzene rings is 1. The third-order valence-corrected chi connectivity index (χ3v) is 3.17.